The summed E-state index contributed by atoms with van der Waals surface area (Å²) in [6.45, 7) is 10.3. The maximum Gasteiger partial charge on any atom is 0.274 e. The Kier molecular flexibility index (Phi) is 6.24. The normalized spacial score (nSPS) is 15.9. The van der Waals surface area contributed by atoms with Crippen molar-refractivity contribution in [1.29, 1.82) is 0 Å². The van der Waals surface area contributed by atoms with Crippen LogP contribution in [-0.2, 0) is 7.05 Å². The summed E-state index contributed by atoms with van der Waals surface area (Å²) in [7, 11) is 3.67. The second-order valence-electron chi connectivity index (χ2n) is 8.98. The minimum Gasteiger partial charge on any atom is -0.336 e. The maximum absolute atomic E-state index is 14.6. The number of nitrogens with zero attached hydrogens (tertiary/aromatic N) is 6. The highest BCUT2D eigenvalue weighted by Crippen LogP contribution is 2.33. The van der Waals surface area contributed by atoms with E-state index >= 15 is 0 Å². The number of aryl methyl sites for hydroxylation is 1. The lowest BCUT2D eigenvalue weighted by atomic mass is 10.1. The molecule has 0 radical (unpaired) electrons. The first kappa shape index (κ1) is 24.0. The first-order chi connectivity index (χ1) is 17.3. The molecule has 2 aromatic heterocycles. The van der Waals surface area contributed by atoms with Gasteiger partial charge in [0.2, 0.25) is 5.69 Å². The van der Waals surface area contributed by atoms with E-state index in [1.165, 1.54) is 12.1 Å². The second kappa shape index (κ2) is 9.37. The van der Waals surface area contributed by atoms with Gasteiger partial charge in [-0.15, -0.1) is 0 Å². The van der Waals surface area contributed by atoms with Gasteiger partial charge in [0.15, 0.2) is 0 Å². The number of benzene rings is 2. The van der Waals surface area contributed by atoms with Gasteiger partial charge in [0.05, 0.1) is 17.8 Å². The molecule has 1 aliphatic rings. The molecule has 1 N–H and O–H groups in total. The minimum atomic E-state index is -0.638. The number of hydrogen-bond acceptors (Lipinski definition) is 4. The molecule has 1 saturated heterocycles. The molecule has 1 aliphatic heterocycles. The van der Waals surface area contributed by atoms with Gasteiger partial charge in [0.1, 0.15) is 22.5 Å². The molecule has 2 aromatic carbocycles. The van der Waals surface area contributed by atoms with Gasteiger partial charge in [-0.2, -0.15) is 5.10 Å². The summed E-state index contributed by atoms with van der Waals surface area (Å²) in [4.78, 5) is 23.4. The molecule has 3 heterocycles. The van der Waals surface area contributed by atoms with Crippen molar-refractivity contribution in [3.63, 3.8) is 0 Å². The maximum atomic E-state index is 14.6. The molecule has 0 aliphatic carbocycles. The number of carbonyl (C=O) groups is 1. The van der Waals surface area contributed by atoms with E-state index in [4.69, 9.17) is 23.2 Å². The van der Waals surface area contributed by atoms with E-state index < -0.39 is 5.82 Å². The number of carbonyl (C=O) groups excluding carboxylic acids is 1. The molecule has 0 unspecified atom stereocenters. The van der Waals surface area contributed by atoms with Gasteiger partial charge in [-0.1, -0.05) is 23.7 Å². The van der Waals surface area contributed by atoms with Crippen LogP contribution in [0.15, 0.2) is 36.4 Å². The summed E-state index contributed by atoms with van der Waals surface area (Å²) >= 11 is 6.47. The number of halogens is 2. The van der Waals surface area contributed by atoms with Crippen LogP contribution in [0.4, 0.5) is 10.1 Å². The quantitative estimate of drug-likeness (QED) is 0.400. The fraction of sp³-hybridized carbons (Fsp3) is 0.308. The van der Waals surface area contributed by atoms with Crippen LogP contribution < -0.4 is 5.32 Å². The number of nitrogens with one attached hydrogen (secondary N) is 1. The zero-order chi connectivity index (χ0) is 25.6. The van der Waals surface area contributed by atoms with Crippen LogP contribution in [0.5, 0.6) is 0 Å². The number of aromatic nitrogens is 4. The Bertz CT molecular complexity index is 1530. The van der Waals surface area contributed by atoms with Gasteiger partial charge in [-0.3, -0.25) is 14.0 Å². The second-order valence-corrected chi connectivity index (χ2v) is 9.34. The molecular weight excluding hydrogens is 481 g/mol. The van der Waals surface area contributed by atoms with E-state index in [0.29, 0.717) is 41.0 Å². The first-order valence-electron chi connectivity index (χ1n) is 11.7. The standard InChI is InChI=1S/C26H25ClFN7O/c1-15-23(26(36)34-11-5-6-17(14-34)29-2)31-25(16-7-9-22(30-3)20(28)12-16)35(15)18-8-10-21-19(13-18)24(27)33(4)32-21/h7-10,12-13,17,29H,5-6,11,14H2,1-2,4H3/t17-/m1/s1. The Morgan fingerprint density at radius 2 is 2.08 bits per heavy atom. The van der Waals surface area contributed by atoms with Crippen LogP contribution in [-0.4, -0.2) is 56.3 Å². The highest BCUT2D eigenvalue weighted by Gasteiger charge is 2.29. The molecular formula is C26H25ClFN7O. The van der Waals surface area contributed by atoms with Gasteiger partial charge in [-0.05, 0) is 51.1 Å². The summed E-state index contributed by atoms with van der Waals surface area (Å²) in [5, 5.41) is 8.91. The van der Waals surface area contributed by atoms with Crippen LogP contribution in [0, 0.1) is 19.3 Å². The zero-order valence-corrected chi connectivity index (χ0v) is 21.0. The number of rotatable bonds is 4. The smallest absolute Gasteiger partial charge is 0.274 e. The topological polar surface area (TPSA) is 72.3 Å². The van der Waals surface area contributed by atoms with Crippen molar-refractivity contribution < 1.29 is 9.18 Å². The zero-order valence-electron chi connectivity index (χ0n) is 20.2. The van der Waals surface area contributed by atoms with E-state index in [9.17, 15) is 9.18 Å². The van der Waals surface area contributed by atoms with E-state index in [0.717, 1.165) is 29.4 Å². The predicted octanol–water partition coefficient (Wildman–Crippen LogP) is 4.90. The third kappa shape index (κ3) is 4.02. The molecule has 5 rings (SSSR count). The van der Waals surface area contributed by atoms with Crippen molar-refractivity contribution in [2.45, 2.75) is 25.8 Å². The number of hydrogen-bond donors (Lipinski definition) is 1. The number of piperidine rings is 1. The SMILES string of the molecule is [C-]#[N+]c1ccc(-c2nc(C(=O)N3CCC[C@@H](NC)C3)c(C)n2-c2ccc3nn(C)c(Cl)c3c2)cc1F. The van der Waals surface area contributed by atoms with Crippen molar-refractivity contribution in [3.8, 4) is 17.1 Å². The highest BCUT2D eigenvalue weighted by molar-refractivity contribution is 6.34. The van der Waals surface area contributed by atoms with Crippen LogP contribution in [0.3, 0.4) is 0 Å². The largest absolute Gasteiger partial charge is 0.336 e. The van der Waals surface area contributed by atoms with Crippen LogP contribution in [0.1, 0.15) is 29.0 Å². The number of amides is 1. The Hall–Kier alpha value is -3.74. The Balaban J connectivity index is 1.68. The summed E-state index contributed by atoms with van der Waals surface area (Å²) in [5.41, 5.74) is 2.80. The van der Waals surface area contributed by atoms with E-state index in [-0.39, 0.29) is 17.6 Å². The minimum absolute atomic E-state index is 0.0696. The number of likely N-dealkylation sites (N-methyl/N-ethyl adjacent to an activating group) is 1. The van der Waals surface area contributed by atoms with Crippen molar-refractivity contribution in [2.75, 3.05) is 20.1 Å². The van der Waals surface area contributed by atoms with Crippen molar-refractivity contribution >= 4 is 34.1 Å². The molecule has 0 bridgehead atoms. The molecule has 0 saturated carbocycles. The molecule has 4 aromatic rings. The first-order valence-corrected chi connectivity index (χ1v) is 12.1. The lowest BCUT2D eigenvalue weighted by Crippen LogP contribution is -2.47. The molecule has 1 atom stereocenters. The lowest BCUT2D eigenvalue weighted by Gasteiger charge is -2.32. The summed E-state index contributed by atoms with van der Waals surface area (Å²) in [6, 6.07) is 10.2. The number of imidazole rings is 1. The van der Waals surface area contributed by atoms with Crippen LogP contribution >= 0.6 is 11.6 Å². The third-order valence-electron chi connectivity index (χ3n) is 6.76. The fourth-order valence-electron chi connectivity index (χ4n) is 4.79. The number of likely N-dealkylation sites (tertiary alicyclic amines) is 1. The molecule has 184 valence electrons. The van der Waals surface area contributed by atoms with Crippen LogP contribution in [0.2, 0.25) is 5.15 Å². The van der Waals surface area contributed by atoms with Gasteiger partial charge >= 0.3 is 0 Å². The lowest BCUT2D eigenvalue weighted by molar-refractivity contribution is 0.0692. The Morgan fingerprint density at radius 1 is 1.28 bits per heavy atom. The molecule has 1 fully saturated rings. The summed E-state index contributed by atoms with van der Waals surface area (Å²) in [6.07, 6.45) is 1.92. The Morgan fingerprint density at radius 3 is 2.81 bits per heavy atom. The van der Waals surface area contributed by atoms with E-state index in [1.54, 1.807) is 17.8 Å². The van der Waals surface area contributed by atoms with Gasteiger partial charge in [-0.25, -0.2) is 14.2 Å². The predicted molar refractivity (Wildman–Crippen MR) is 137 cm³/mol. The molecule has 0 spiro atoms. The van der Waals surface area contributed by atoms with Crippen molar-refractivity contribution in [1.82, 2.24) is 29.5 Å². The molecule has 10 heteroatoms. The van der Waals surface area contributed by atoms with Crippen molar-refractivity contribution in [2.24, 2.45) is 7.05 Å². The fourth-order valence-corrected chi connectivity index (χ4v) is 4.98. The molecule has 1 amide bonds. The van der Waals surface area contributed by atoms with E-state index in [1.807, 2.05) is 41.6 Å². The van der Waals surface area contributed by atoms with Gasteiger partial charge < -0.3 is 10.2 Å². The number of fused-ring (bicyclic) bond motifs is 1. The third-order valence-corrected chi connectivity index (χ3v) is 7.20. The van der Waals surface area contributed by atoms with Gasteiger partial charge in [0, 0.05) is 42.8 Å². The van der Waals surface area contributed by atoms with Crippen molar-refractivity contribution in [3.05, 3.63) is 70.2 Å². The van der Waals surface area contributed by atoms with E-state index in [2.05, 4.69) is 15.3 Å². The summed E-state index contributed by atoms with van der Waals surface area (Å²) < 4.78 is 18.0. The average Bonchev–Trinajstić information content (AvgIpc) is 3.38. The monoisotopic (exact) mass is 505 g/mol. The highest BCUT2D eigenvalue weighted by atomic mass is 35.5. The summed E-state index contributed by atoms with van der Waals surface area (Å²) in [5.74, 6) is -0.389. The molecule has 8 nitrogen and oxygen atoms in total. The Labute approximate surface area is 213 Å². The van der Waals surface area contributed by atoms with Gasteiger partial charge in [0.25, 0.3) is 5.91 Å². The molecule has 36 heavy (non-hydrogen) atoms. The average molecular weight is 506 g/mol. The van der Waals surface area contributed by atoms with Crippen LogP contribution in [0.25, 0.3) is 32.8 Å².